The summed E-state index contributed by atoms with van der Waals surface area (Å²) in [7, 11) is -1.17. The number of halogens is 1. The minimum atomic E-state index is -1.17. The first kappa shape index (κ1) is 27.6. The molecular weight excluding hydrogens is 528 g/mol. The van der Waals surface area contributed by atoms with Crippen molar-refractivity contribution >= 4 is 36.0 Å². The Labute approximate surface area is 217 Å². The van der Waals surface area contributed by atoms with Gasteiger partial charge in [0.1, 0.15) is 22.9 Å². The highest BCUT2D eigenvalue weighted by molar-refractivity contribution is 9.10. The molecule has 0 radical (unpaired) electrons. The van der Waals surface area contributed by atoms with Gasteiger partial charge in [0.05, 0.1) is 11.7 Å². The monoisotopic (exact) mass is 566 g/mol. The second-order valence-electron chi connectivity index (χ2n) is 11.5. The van der Waals surface area contributed by atoms with Crippen molar-refractivity contribution in [2.45, 2.75) is 90.5 Å². The van der Waals surface area contributed by atoms with Crippen molar-refractivity contribution in [1.29, 1.82) is 0 Å². The number of amides is 1. The van der Waals surface area contributed by atoms with Crippen molar-refractivity contribution in [3.8, 4) is 11.4 Å². The maximum Gasteiger partial charge on any atom is 0.408 e. The summed E-state index contributed by atoms with van der Waals surface area (Å²) >= 11 is 3.65. The van der Waals surface area contributed by atoms with Crippen LogP contribution in [0.4, 0.5) is 10.7 Å². The normalized spacial score (nSPS) is 15.2. The van der Waals surface area contributed by atoms with Crippen LogP contribution in [0.1, 0.15) is 52.3 Å². The second-order valence-corrected chi connectivity index (χ2v) is 17.9. The molecule has 1 aliphatic carbocycles. The Morgan fingerprint density at radius 2 is 2.03 bits per heavy atom. The van der Waals surface area contributed by atoms with Crippen molar-refractivity contribution in [2.75, 3.05) is 18.5 Å². The lowest BCUT2D eigenvalue weighted by Crippen LogP contribution is -2.52. The number of ether oxygens (including phenoxy) is 1. The Hall–Kier alpha value is -1.98. The maximum atomic E-state index is 11.8. The molecule has 0 aromatic carbocycles. The number of imidazole rings is 1. The van der Waals surface area contributed by atoms with Crippen molar-refractivity contribution in [3.05, 3.63) is 22.7 Å². The fourth-order valence-corrected chi connectivity index (χ4v) is 5.40. The number of hydrogen-bond donors (Lipinski definition) is 2. The summed E-state index contributed by atoms with van der Waals surface area (Å²) < 4.78 is 8.97. The third kappa shape index (κ3) is 7.50. The Morgan fingerprint density at radius 3 is 2.60 bits per heavy atom. The van der Waals surface area contributed by atoms with Crippen LogP contribution < -0.4 is 5.32 Å². The van der Waals surface area contributed by atoms with Gasteiger partial charge in [-0.25, -0.2) is 19.7 Å². The van der Waals surface area contributed by atoms with Crippen LogP contribution in [-0.4, -0.2) is 68.4 Å². The summed E-state index contributed by atoms with van der Waals surface area (Å²) in [6, 6.07) is 2.71. The second kappa shape index (κ2) is 11.0. The van der Waals surface area contributed by atoms with Crippen LogP contribution in [0.5, 0.6) is 0 Å². The molecule has 0 spiro atoms. The van der Waals surface area contributed by atoms with Crippen LogP contribution in [0.25, 0.3) is 11.4 Å². The molecule has 0 aliphatic heterocycles. The number of anilines is 1. The Kier molecular flexibility index (Phi) is 8.64. The zero-order chi connectivity index (χ0) is 26.0. The van der Waals surface area contributed by atoms with Crippen LogP contribution in [0, 0.1) is 0 Å². The smallest absolute Gasteiger partial charge is 0.408 e. The van der Waals surface area contributed by atoms with Gasteiger partial charge in [-0.3, -0.25) is 4.90 Å². The lowest BCUT2D eigenvalue weighted by molar-refractivity contribution is 0.0789. The molecule has 1 aliphatic rings. The predicted molar refractivity (Wildman–Crippen MR) is 145 cm³/mol. The summed E-state index contributed by atoms with van der Waals surface area (Å²) in [6.07, 6.45) is 3.04. The average Bonchev–Trinajstić information content (AvgIpc) is 3.51. The fourth-order valence-electron chi connectivity index (χ4n) is 4.04. The number of carboxylic acid groups (broad SMARTS) is 1. The summed E-state index contributed by atoms with van der Waals surface area (Å²) in [5.41, 5.74) is 1.10. The number of rotatable bonds is 11. The molecule has 9 nitrogen and oxygen atoms in total. The molecule has 1 atom stereocenters. The third-order valence-corrected chi connectivity index (χ3v) is 8.19. The van der Waals surface area contributed by atoms with Gasteiger partial charge in [0.2, 0.25) is 5.95 Å². The number of hydrogen-bond acceptors (Lipinski definition) is 6. The molecule has 2 heterocycles. The van der Waals surface area contributed by atoms with E-state index in [0.717, 1.165) is 47.3 Å². The number of nitrogens with zero attached hydrogens (tertiary/aromatic N) is 5. The molecule has 0 bridgehead atoms. The minimum Gasteiger partial charge on any atom is -0.465 e. The number of aromatic nitrogens is 4. The standard InChI is InChI=1S/C24H39BrN6O3Si/c1-16(31(23(32)33)24(2,3)4)14-27-22-26-11-10-18(28-22)19-20(25)29-21(17-8-9-17)30(19)15-34-12-13-35(5,6)7/h10-11,16-17H,8-9,12-15H2,1-7H3,(H,32,33)(H,26,27,28)/t16-/m0/s1. The van der Waals surface area contributed by atoms with Gasteiger partial charge in [-0.2, -0.15) is 0 Å². The van der Waals surface area contributed by atoms with Gasteiger partial charge in [0.25, 0.3) is 0 Å². The van der Waals surface area contributed by atoms with E-state index in [1.165, 1.54) is 4.90 Å². The van der Waals surface area contributed by atoms with E-state index in [4.69, 9.17) is 14.7 Å². The molecular formula is C24H39BrN6O3Si. The first-order valence-corrected chi connectivity index (χ1v) is 16.7. The Bertz CT molecular complexity index is 1030. The first-order chi connectivity index (χ1) is 16.3. The lowest BCUT2D eigenvalue weighted by atomic mass is 10.0. The van der Waals surface area contributed by atoms with E-state index in [1.54, 1.807) is 6.20 Å². The molecule has 2 N–H and O–H groups in total. The third-order valence-electron chi connectivity index (χ3n) is 5.94. The van der Waals surface area contributed by atoms with Gasteiger partial charge in [0.15, 0.2) is 0 Å². The molecule has 194 valence electrons. The molecule has 35 heavy (non-hydrogen) atoms. The van der Waals surface area contributed by atoms with E-state index in [1.807, 2.05) is 33.8 Å². The number of carbonyl (C=O) groups is 1. The number of nitrogens with one attached hydrogen (secondary N) is 1. The van der Waals surface area contributed by atoms with Crippen LogP contribution in [0.3, 0.4) is 0 Å². The molecule has 1 fully saturated rings. The molecule has 0 unspecified atom stereocenters. The van der Waals surface area contributed by atoms with E-state index in [2.05, 4.69) is 50.4 Å². The van der Waals surface area contributed by atoms with Crippen molar-refractivity contribution < 1.29 is 14.6 Å². The van der Waals surface area contributed by atoms with E-state index < -0.39 is 19.7 Å². The summed E-state index contributed by atoms with van der Waals surface area (Å²) in [6.45, 7) is 16.1. The van der Waals surface area contributed by atoms with Crippen molar-refractivity contribution in [1.82, 2.24) is 24.4 Å². The summed E-state index contributed by atoms with van der Waals surface area (Å²) in [4.78, 5) is 27.1. The van der Waals surface area contributed by atoms with Crippen LogP contribution in [0.15, 0.2) is 16.9 Å². The van der Waals surface area contributed by atoms with Gasteiger partial charge in [-0.05, 0) is 68.6 Å². The van der Waals surface area contributed by atoms with E-state index >= 15 is 0 Å². The van der Waals surface area contributed by atoms with Crippen LogP contribution in [0.2, 0.25) is 25.7 Å². The quantitative estimate of drug-likeness (QED) is 0.258. The van der Waals surface area contributed by atoms with Gasteiger partial charge in [-0.1, -0.05) is 19.6 Å². The topological polar surface area (TPSA) is 105 Å². The molecule has 2 aromatic rings. The first-order valence-electron chi connectivity index (χ1n) is 12.2. The molecule has 11 heteroatoms. The Balaban J connectivity index is 1.78. The zero-order valence-electron chi connectivity index (χ0n) is 21.9. The molecule has 3 rings (SSSR count). The average molecular weight is 568 g/mol. The highest BCUT2D eigenvalue weighted by atomic mass is 79.9. The van der Waals surface area contributed by atoms with Gasteiger partial charge >= 0.3 is 6.09 Å². The van der Waals surface area contributed by atoms with E-state index in [-0.39, 0.29) is 6.04 Å². The van der Waals surface area contributed by atoms with Crippen molar-refractivity contribution in [2.24, 2.45) is 0 Å². The molecule has 1 amide bonds. The van der Waals surface area contributed by atoms with E-state index in [0.29, 0.717) is 25.1 Å². The largest absolute Gasteiger partial charge is 0.465 e. The molecule has 1 saturated carbocycles. The summed E-state index contributed by atoms with van der Waals surface area (Å²) in [5, 5.41) is 12.9. The SMILES string of the molecule is C[C@@H](CNc1nccc(-c2c(Br)nc(C3CC3)n2COCC[Si](C)(C)C)n1)N(C(=O)O)C(C)(C)C. The summed E-state index contributed by atoms with van der Waals surface area (Å²) in [5.74, 6) is 1.94. The maximum absolute atomic E-state index is 11.8. The van der Waals surface area contributed by atoms with Gasteiger partial charge in [-0.15, -0.1) is 0 Å². The Morgan fingerprint density at radius 1 is 1.34 bits per heavy atom. The highest BCUT2D eigenvalue weighted by Gasteiger charge is 2.32. The highest BCUT2D eigenvalue weighted by Crippen LogP contribution is 2.42. The lowest BCUT2D eigenvalue weighted by Gasteiger charge is -2.38. The minimum absolute atomic E-state index is 0.266. The van der Waals surface area contributed by atoms with Gasteiger partial charge in [0, 0.05) is 38.9 Å². The predicted octanol–water partition coefficient (Wildman–Crippen LogP) is 5.87. The zero-order valence-corrected chi connectivity index (χ0v) is 24.5. The van der Waals surface area contributed by atoms with Gasteiger partial charge < -0.3 is 19.7 Å². The van der Waals surface area contributed by atoms with Crippen LogP contribution in [-0.2, 0) is 11.5 Å². The van der Waals surface area contributed by atoms with E-state index in [9.17, 15) is 9.90 Å². The molecule has 2 aromatic heterocycles. The van der Waals surface area contributed by atoms with Crippen LogP contribution >= 0.6 is 15.9 Å². The van der Waals surface area contributed by atoms with Crippen molar-refractivity contribution in [3.63, 3.8) is 0 Å². The fraction of sp³-hybridized carbons (Fsp3) is 0.667. The molecule has 0 saturated heterocycles.